The van der Waals surface area contributed by atoms with Gasteiger partial charge in [0.15, 0.2) is 5.78 Å². The lowest BCUT2D eigenvalue weighted by molar-refractivity contribution is -0.123. The highest BCUT2D eigenvalue weighted by Crippen LogP contribution is 2.24. The van der Waals surface area contributed by atoms with Gasteiger partial charge in [0.1, 0.15) is 6.61 Å². The Bertz CT molecular complexity index is 519. The molecule has 1 aromatic heterocycles. The van der Waals surface area contributed by atoms with E-state index in [2.05, 4.69) is 15.9 Å². The summed E-state index contributed by atoms with van der Waals surface area (Å²) < 4.78 is 7.79. The van der Waals surface area contributed by atoms with E-state index in [1.807, 2.05) is 35.0 Å². The zero-order valence-electron chi connectivity index (χ0n) is 8.94. The first-order chi connectivity index (χ1) is 7.72. The summed E-state index contributed by atoms with van der Waals surface area (Å²) in [6.45, 7) is 0.515. The topological polar surface area (TPSA) is 31.2 Å². The first-order valence-corrected chi connectivity index (χ1v) is 5.75. The summed E-state index contributed by atoms with van der Waals surface area (Å²) in [6, 6.07) is 7.95. The van der Waals surface area contributed by atoms with Gasteiger partial charge in [0.05, 0.1) is 6.54 Å². The molecule has 0 bridgehead atoms. The average molecular weight is 282 g/mol. The summed E-state index contributed by atoms with van der Waals surface area (Å²) in [4.78, 5) is 11.5. The van der Waals surface area contributed by atoms with E-state index < -0.39 is 0 Å². The third kappa shape index (κ3) is 2.18. The minimum atomic E-state index is 0.0694. The van der Waals surface area contributed by atoms with Crippen molar-refractivity contribution < 1.29 is 9.53 Å². The number of carbonyl (C=O) groups excluding carboxylic acids is 1. The summed E-state index contributed by atoms with van der Waals surface area (Å²) in [7, 11) is 1.53. The highest BCUT2D eigenvalue weighted by molar-refractivity contribution is 9.10. The second-order valence-electron chi connectivity index (χ2n) is 3.59. The number of methoxy groups -OCH3 is 1. The van der Waals surface area contributed by atoms with Gasteiger partial charge in [-0.1, -0.05) is 22.0 Å². The highest BCUT2D eigenvalue weighted by Gasteiger charge is 2.07. The Labute approximate surface area is 102 Å². The Hall–Kier alpha value is -1.13. The molecule has 0 atom stereocenters. The first-order valence-electron chi connectivity index (χ1n) is 4.96. The molecule has 4 heteroatoms. The van der Waals surface area contributed by atoms with Crippen LogP contribution in [-0.4, -0.2) is 24.1 Å². The molecular weight excluding hydrogens is 270 g/mol. The van der Waals surface area contributed by atoms with E-state index >= 15 is 0 Å². The Morgan fingerprint density at radius 2 is 2.25 bits per heavy atom. The number of aromatic nitrogens is 1. The summed E-state index contributed by atoms with van der Waals surface area (Å²) in [5.41, 5.74) is 1.05. The van der Waals surface area contributed by atoms with Crippen molar-refractivity contribution in [2.24, 2.45) is 0 Å². The lowest BCUT2D eigenvalue weighted by Gasteiger charge is -2.04. The van der Waals surface area contributed by atoms with Gasteiger partial charge < -0.3 is 9.30 Å². The number of halogens is 1. The van der Waals surface area contributed by atoms with Crippen LogP contribution >= 0.6 is 15.9 Å². The second-order valence-corrected chi connectivity index (χ2v) is 4.44. The molecule has 0 aliphatic rings. The van der Waals surface area contributed by atoms with Gasteiger partial charge in [-0.15, -0.1) is 0 Å². The quantitative estimate of drug-likeness (QED) is 0.863. The summed E-state index contributed by atoms with van der Waals surface area (Å²) >= 11 is 3.48. The molecular formula is C12H12BrNO2. The van der Waals surface area contributed by atoms with Crippen LogP contribution in [0.3, 0.4) is 0 Å². The maximum absolute atomic E-state index is 11.5. The molecule has 0 spiro atoms. The Kier molecular flexibility index (Phi) is 3.41. The normalized spacial score (nSPS) is 10.9. The van der Waals surface area contributed by atoms with Gasteiger partial charge in [-0.25, -0.2) is 0 Å². The van der Waals surface area contributed by atoms with Gasteiger partial charge >= 0.3 is 0 Å². The van der Waals surface area contributed by atoms with Crippen LogP contribution in [0.25, 0.3) is 10.9 Å². The van der Waals surface area contributed by atoms with Crippen molar-refractivity contribution in [3.63, 3.8) is 0 Å². The van der Waals surface area contributed by atoms with E-state index in [9.17, 15) is 4.79 Å². The Morgan fingerprint density at radius 1 is 1.44 bits per heavy atom. The molecule has 1 aromatic carbocycles. The number of nitrogens with zero attached hydrogens (tertiary/aromatic N) is 1. The predicted octanol–water partition coefficient (Wildman–Crippen LogP) is 2.62. The van der Waals surface area contributed by atoms with Crippen molar-refractivity contribution in [3.05, 3.63) is 34.9 Å². The fourth-order valence-electron chi connectivity index (χ4n) is 1.72. The molecule has 2 rings (SSSR count). The number of carbonyl (C=O) groups is 1. The largest absolute Gasteiger partial charge is 0.377 e. The van der Waals surface area contributed by atoms with Crippen LogP contribution in [0.15, 0.2) is 34.9 Å². The van der Waals surface area contributed by atoms with E-state index in [-0.39, 0.29) is 12.4 Å². The molecule has 0 radical (unpaired) electrons. The van der Waals surface area contributed by atoms with Crippen LogP contribution in [-0.2, 0) is 16.1 Å². The molecule has 0 saturated heterocycles. The van der Waals surface area contributed by atoms with Crippen LogP contribution in [0.2, 0.25) is 0 Å². The maximum atomic E-state index is 11.5. The van der Waals surface area contributed by atoms with Crippen LogP contribution in [0.1, 0.15) is 0 Å². The molecule has 0 amide bonds. The third-order valence-electron chi connectivity index (χ3n) is 2.41. The number of fused-ring (bicyclic) bond motifs is 1. The molecule has 0 aliphatic heterocycles. The molecule has 0 N–H and O–H groups in total. The number of ether oxygens (including phenoxy) is 1. The minimum Gasteiger partial charge on any atom is -0.377 e. The summed E-state index contributed by atoms with van der Waals surface area (Å²) in [5, 5.41) is 1.12. The molecule has 0 fully saturated rings. The predicted molar refractivity (Wildman–Crippen MR) is 66.5 cm³/mol. The van der Waals surface area contributed by atoms with E-state index in [0.29, 0.717) is 6.54 Å². The van der Waals surface area contributed by atoms with Crippen LogP contribution in [0.4, 0.5) is 0 Å². The molecule has 1 heterocycles. The van der Waals surface area contributed by atoms with Crippen molar-refractivity contribution in [2.45, 2.75) is 6.54 Å². The zero-order valence-corrected chi connectivity index (χ0v) is 10.5. The summed E-state index contributed by atoms with van der Waals surface area (Å²) in [6.07, 6.45) is 1.92. The minimum absolute atomic E-state index is 0.0694. The van der Waals surface area contributed by atoms with E-state index in [0.717, 1.165) is 15.4 Å². The lowest BCUT2D eigenvalue weighted by Crippen LogP contribution is -2.14. The number of hydrogen-bond acceptors (Lipinski definition) is 2. The molecule has 0 unspecified atom stereocenters. The lowest BCUT2D eigenvalue weighted by atomic mass is 10.2. The van der Waals surface area contributed by atoms with E-state index in [1.165, 1.54) is 7.11 Å². The number of rotatable bonds is 4. The van der Waals surface area contributed by atoms with Crippen molar-refractivity contribution in [1.29, 1.82) is 0 Å². The number of ketones is 1. The van der Waals surface area contributed by atoms with E-state index in [4.69, 9.17) is 4.74 Å². The fraction of sp³-hybridized carbons (Fsp3) is 0.250. The van der Waals surface area contributed by atoms with Crippen LogP contribution < -0.4 is 0 Å². The third-order valence-corrected chi connectivity index (χ3v) is 3.10. The van der Waals surface area contributed by atoms with Crippen LogP contribution in [0.5, 0.6) is 0 Å². The number of benzene rings is 1. The molecule has 84 valence electrons. The highest BCUT2D eigenvalue weighted by atomic mass is 79.9. The van der Waals surface area contributed by atoms with Gasteiger partial charge in [-0.3, -0.25) is 4.79 Å². The molecule has 3 nitrogen and oxygen atoms in total. The fourth-order valence-corrected chi connectivity index (χ4v) is 2.21. The first kappa shape index (κ1) is 11.4. The van der Waals surface area contributed by atoms with Crippen molar-refractivity contribution >= 4 is 32.6 Å². The summed E-state index contributed by atoms with van der Waals surface area (Å²) in [5.74, 6) is 0.0694. The molecule has 0 saturated carbocycles. The Balaban J connectivity index is 2.32. The van der Waals surface area contributed by atoms with Gasteiger partial charge in [0.25, 0.3) is 0 Å². The number of Topliss-reactive ketones (excluding diaryl/α,β-unsaturated/α-hetero) is 1. The zero-order chi connectivity index (χ0) is 11.5. The second kappa shape index (κ2) is 4.80. The van der Waals surface area contributed by atoms with Crippen LogP contribution in [0, 0.1) is 0 Å². The van der Waals surface area contributed by atoms with Gasteiger partial charge in [0.2, 0.25) is 0 Å². The van der Waals surface area contributed by atoms with Crippen molar-refractivity contribution in [2.75, 3.05) is 13.7 Å². The average Bonchev–Trinajstić information content (AvgIpc) is 2.64. The van der Waals surface area contributed by atoms with Crippen molar-refractivity contribution in [1.82, 2.24) is 4.57 Å². The van der Waals surface area contributed by atoms with E-state index in [1.54, 1.807) is 0 Å². The van der Waals surface area contributed by atoms with Crippen molar-refractivity contribution in [3.8, 4) is 0 Å². The van der Waals surface area contributed by atoms with Gasteiger partial charge in [-0.05, 0) is 18.2 Å². The molecule has 16 heavy (non-hydrogen) atoms. The smallest absolute Gasteiger partial charge is 0.178 e. The molecule has 0 aliphatic carbocycles. The Morgan fingerprint density at radius 3 is 3.00 bits per heavy atom. The number of hydrogen-bond donors (Lipinski definition) is 0. The SMILES string of the molecule is COCC(=O)Cn1ccc2c(Br)cccc21. The van der Waals surface area contributed by atoms with Gasteiger partial charge in [0, 0.05) is 28.7 Å². The maximum Gasteiger partial charge on any atom is 0.178 e. The monoisotopic (exact) mass is 281 g/mol. The molecule has 2 aromatic rings. The standard InChI is InChI=1S/C12H12BrNO2/c1-16-8-9(15)7-14-6-5-10-11(13)3-2-4-12(10)14/h2-6H,7-8H2,1H3. The van der Waals surface area contributed by atoms with Gasteiger partial charge in [-0.2, -0.15) is 0 Å².